The number of fused-ring (bicyclic) bond motifs is 1. The van der Waals surface area contributed by atoms with Gasteiger partial charge in [-0.25, -0.2) is 14.4 Å². The maximum Gasteiger partial charge on any atom is 0.223 e. The van der Waals surface area contributed by atoms with Gasteiger partial charge in [-0.3, -0.25) is 0 Å². The number of halogens is 2. The van der Waals surface area contributed by atoms with Crippen LogP contribution in [0.3, 0.4) is 0 Å². The van der Waals surface area contributed by atoms with Crippen molar-refractivity contribution in [1.29, 1.82) is 0 Å². The average molecular weight is 426 g/mol. The van der Waals surface area contributed by atoms with Crippen molar-refractivity contribution in [2.24, 2.45) is 5.92 Å². The number of nitrogen functional groups attached to an aromatic ring is 1. The van der Waals surface area contributed by atoms with Gasteiger partial charge in [0.05, 0.1) is 27.9 Å². The van der Waals surface area contributed by atoms with Gasteiger partial charge in [0.1, 0.15) is 27.9 Å². The Morgan fingerprint density at radius 3 is 2.75 bits per heavy atom. The normalized spacial score (nSPS) is 24.8. The zero-order valence-electron chi connectivity index (χ0n) is 14.4. The van der Waals surface area contributed by atoms with Gasteiger partial charge in [-0.2, -0.15) is 4.98 Å². The Balaban J connectivity index is 1.75. The summed E-state index contributed by atoms with van der Waals surface area (Å²) in [5.74, 6) is -0.670. The van der Waals surface area contributed by atoms with Crippen molar-refractivity contribution < 1.29 is 19.7 Å². The Bertz CT molecular complexity index is 1040. The van der Waals surface area contributed by atoms with E-state index < -0.39 is 24.2 Å². The number of aromatic nitrogens is 3. The molecule has 0 amide bonds. The maximum atomic E-state index is 13.5. The molecule has 11 heteroatoms. The van der Waals surface area contributed by atoms with Gasteiger partial charge in [-0.05, 0) is 24.6 Å². The van der Waals surface area contributed by atoms with Crippen molar-refractivity contribution in [3.05, 3.63) is 29.2 Å². The summed E-state index contributed by atoms with van der Waals surface area (Å²) in [6, 6.07) is 3.67. The summed E-state index contributed by atoms with van der Waals surface area (Å²) >= 11 is 7.52. The van der Waals surface area contributed by atoms with Crippen LogP contribution in [0.2, 0.25) is 5.15 Å². The summed E-state index contributed by atoms with van der Waals surface area (Å²) in [7, 11) is 0. The summed E-state index contributed by atoms with van der Waals surface area (Å²) in [6.45, 7) is -0.251. The van der Waals surface area contributed by atoms with Crippen LogP contribution in [0.15, 0.2) is 18.2 Å². The molecule has 1 aromatic carbocycles. The smallest absolute Gasteiger partial charge is 0.223 e. The van der Waals surface area contributed by atoms with Crippen molar-refractivity contribution in [2.75, 3.05) is 17.7 Å². The van der Waals surface area contributed by atoms with E-state index in [9.17, 15) is 19.7 Å². The fraction of sp³-hybridized carbons (Fsp3) is 0.353. The molecule has 148 valence electrons. The molecule has 0 bridgehead atoms. The standard InChI is InChI=1S/C17H17ClFN5O3S/c18-14-11(16-22-8-2-1-7(19)4-10(8)28-16)15(24-17(20)23-14)21-9-3-6(5-25)12(26)13(9)27/h1-2,4,6,9,12-13,25-27H,3,5H2,(H3,20,21,23,24)/t6-,9-,12-,13+/m1/s1. The first-order valence-electron chi connectivity index (χ1n) is 8.50. The molecule has 8 nitrogen and oxygen atoms in total. The van der Waals surface area contributed by atoms with Crippen LogP contribution < -0.4 is 11.1 Å². The van der Waals surface area contributed by atoms with E-state index in [1.807, 2.05) is 0 Å². The van der Waals surface area contributed by atoms with Gasteiger partial charge in [-0.1, -0.05) is 11.6 Å². The third-order valence-electron chi connectivity index (χ3n) is 4.80. The predicted molar refractivity (Wildman–Crippen MR) is 105 cm³/mol. The molecule has 1 aliphatic rings. The van der Waals surface area contributed by atoms with Gasteiger partial charge >= 0.3 is 0 Å². The van der Waals surface area contributed by atoms with Gasteiger partial charge in [0, 0.05) is 12.5 Å². The second kappa shape index (κ2) is 7.37. The molecule has 28 heavy (non-hydrogen) atoms. The number of rotatable bonds is 4. The van der Waals surface area contributed by atoms with Crippen LogP contribution in [0, 0.1) is 11.7 Å². The highest BCUT2D eigenvalue weighted by Crippen LogP contribution is 2.39. The van der Waals surface area contributed by atoms with Gasteiger partial charge in [0.15, 0.2) is 0 Å². The van der Waals surface area contributed by atoms with Gasteiger partial charge in [0.25, 0.3) is 0 Å². The lowest BCUT2D eigenvalue weighted by molar-refractivity contribution is 0.00446. The molecule has 3 aromatic rings. The molecule has 2 aromatic heterocycles. The Labute approximate surface area is 167 Å². The molecule has 0 radical (unpaired) electrons. The molecular weight excluding hydrogens is 409 g/mol. The molecule has 1 fully saturated rings. The van der Waals surface area contributed by atoms with E-state index in [0.717, 1.165) is 0 Å². The zero-order chi connectivity index (χ0) is 20.0. The van der Waals surface area contributed by atoms with Crippen molar-refractivity contribution in [1.82, 2.24) is 15.0 Å². The van der Waals surface area contributed by atoms with Crippen LogP contribution in [0.25, 0.3) is 20.8 Å². The van der Waals surface area contributed by atoms with Gasteiger partial charge in [-0.15, -0.1) is 11.3 Å². The summed E-state index contributed by atoms with van der Waals surface area (Å²) in [4.78, 5) is 12.6. The SMILES string of the molecule is Nc1nc(Cl)c(-c2nc3ccc(F)cc3s2)c(N[C@@H]2C[C@H](CO)[C@@H](O)[C@H]2O)n1. The fourth-order valence-electron chi connectivity index (χ4n) is 3.37. The summed E-state index contributed by atoms with van der Waals surface area (Å²) in [5.41, 5.74) is 6.69. The molecule has 4 rings (SSSR count). The predicted octanol–water partition coefficient (Wildman–Crippen LogP) is 1.64. The minimum Gasteiger partial charge on any atom is -0.396 e. The number of anilines is 2. The number of thiazole rings is 1. The molecule has 0 saturated heterocycles. The fourth-order valence-corrected chi connectivity index (χ4v) is 4.73. The highest BCUT2D eigenvalue weighted by atomic mass is 35.5. The third-order valence-corrected chi connectivity index (χ3v) is 6.11. The van der Waals surface area contributed by atoms with E-state index in [4.69, 9.17) is 17.3 Å². The third kappa shape index (κ3) is 3.38. The molecule has 2 heterocycles. The largest absolute Gasteiger partial charge is 0.396 e. The average Bonchev–Trinajstić information content (AvgIpc) is 3.16. The molecule has 0 aliphatic heterocycles. The monoisotopic (exact) mass is 425 g/mol. The number of aliphatic hydroxyl groups excluding tert-OH is 3. The van der Waals surface area contributed by atoms with Crippen molar-refractivity contribution in [3.8, 4) is 10.6 Å². The quantitative estimate of drug-likeness (QED) is 0.398. The van der Waals surface area contributed by atoms with Crippen LogP contribution in [0.1, 0.15) is 6.42 Å². The lowest BCUT2D eigenvalue weighted by atomic mass is 10.1. The summed E-state index contributed by atoms with van der Waals surface area (Å²) in [6.07, 6.45) is -1.85. The number of aliphatic hydroxyl groups is 3. The number of nitrogens with two attached hydrogens (primary N) is 1. The van der Waals surface area contributed by atoms with Crippen molar-refractivity contribution in [2.45, 2.75) is 24.7 Å². The molecule has 0 spiro atoms. The second-order valence-electron chi connectivity index (χ2n) is 6.64. The molecule has 1 aliphatic carbocycles. The van der Waals surface area contributed by atoms with E-state index in [1.165, 1.54) is 23.5 Å². The summed E-state index contributed by atoms with van der Waals surface area (Å²) < 4.78 is 14.1. The van der Waals surface area contributed by atoms with Crippen LogP contribution in [0.5, 0.6) is 0 Å². The number of nitrogens with zero attached hydrogens (tertiary/aromatic N) is 3. The van der Waals surface area contributed by atoms with E-state index in [1.54, 1.807) is 6.07 Å². The number of hydrogen-bond acceptors (Lipinski definition) is 9. The first kappa shape index (κ1) is 19.2. The molecule has 6 N–H and O–H groups in total. The van der Waals surface area contributed by atoms with Crippen LogP contribution in [-0.2, 0) is 0 Å². The first-order chi connectivity index (χ1) is 13.4. The van der Waals surface area contributed by atoms with Crippen molar-refractivity contribution in [3.63, 3.8) is 0 Å². The van der Waals surface area contributed by atoms with Crippen LogP contribution in [-0.4, -0.2) is 55.1 Å². The molecule has 0 unspecified atom stereocenters. The minimum atomic E-state index is -1.11. The second-order valence-corrected chi connectivity index (χ2v) is 8.03. The highest BCUT2D eigenvalue weighted by Gasteiger charge is 2.41. The molecule has 1 saturated carbocycles. The zero-order valence-corrected chi connectivity index (χ0v) is 16.0. The number of benzene rings is 1. The Kier molecular flexibility index (Phi) is 5.06. The topological polar surface area (TPSA) is 137 Å². The Hall–Kier alpha value is -2.11. The van der Waals surface area contributed by atoms with E-state index in [2.05, 4.69) is 20.3 Å². The highest BCUT2D eigenvalue weighted by molar-refractivity contribution is 7.21. The molecular formula is C17H17ClFN5O3S. The Morgan fingerprint density at radius 2 is 2.04 bits per heavy atom. The molecule has 4 atom stereocenters. The lowest BCUT2D eigenvalue weighted by Gasteiger charge is -2.20. The number of hydrogen-bond donors (Lipinski definition) is 5. The van der Waals surface area contributed by atoms with E-state index in [-0.39, 0.29) is 29.3 Å². The van der Waals surface area contributed by atoms with Crippen LogP contribution in [0.4, 0.5) is 16.2 Å². The van der Waals surface area contributed by atoms with Crippen molar-refractivity contribution >= 4 is 44.9 Å². The minimum absolute atomic E-state index is 0.0567. The Morgan fingerprint density at radius 1 is 1.25 bits per heavy atom. The maximum absolute atomic E-state index is 13.5. The van der Waals surface area contributed by atoms with E-state index >= 15 is 0 Å². The van der Waals surface area contributed by atoms with Crippen LogP contribution >= 0.6 is 22.9 Å². The summed E-state index contributed by atoms with van der Waals surface area (Å²) in [5, 5.41) is 33.2. The lowest BCUT2D eigenvalue weighted by Crippen LogP contribution is -2.35. The van der Waals surface area contributed by atoms with E-state index in [0.29, 0.717) is 27.2 Å². The van der Waals surface area contributed by atoms with Gasteiger partial charge < -0.3 is 26.4 Å². The number of nitrogens with one attached hydrogen (secondary N) is 1. The first-order valence-corrected chi connectivity index (χ1v) is 9.70. The van der Waals surface area contributed by atoms with Gasteiger partial charge in [0.2, 0.25) is 5.95 Å².